The van der Waals surface area contributed by atoms with Crippen molar-refractivity contribution in [3.8, 4) is 11.5 Å². The quantitative estimate of drug-likeness (QED) is 0.523. The third-order valence-electron chi connectivity index (χ3n) is 3.45. The van der Waals surface area contributed by atoms with E-state index in [1.54, 1.807) is 54.6 Å². The van der Waals surface area contributed by atoms with Crippen LogP contribution in [0.25, 0.3) is 6.08 Å². The highest BCUT2D eigenvalue weighted by Gasteiger charge is 2.14. The number of nitrogens with one attached hydrogen (secondary N) is 1. The normalized spacial score (nSPS) is 10.8. The number of aliphatic carboxylic acids is 1. The molecule has 6 heteroatoms. The van der Waals surface area contributed by atoms with Crippen molar-refractivity contribution in [3.05, 3.63) is 78.0 Å². The second-order valence-electron chi connectivity index (χ2n) is 5.42. The van der Waals surface area contributed by atoms with Crippen LogP contribution in [0.15, 0.2) is 66.9 Å². The standard InChI is InChI=1S/C21H21NO5/c1-3-12-27-18-11-10-15(14-19(18)26-4-2)13-17(21(24)25)22-20(23)16-8-6-5-7-9-16/h3,5-11,13-14H,1,4,12H2,2H3,(H,22,23)(H,24,25)/b17-13+. The summed E-state index contributed by atoms with van der Waals surface area (Å²) >= 11 is 0. The van der Waals surface area contributed by atoms with Gasteiger partial charge in [0.25, 0.3) is 5.91 Å². The van der Waals surface area contributed by atoms with Crippen LogP contribution >= 0.6 is 0 Å². The predicted molar refractivity (Wildman–Crippen MR) is 103 cm³/mol. The van der Waals surface area contributed by atoms with E-state index >= 15 is 0 Å². The summed E-state index contributed by atoms with van der Waals surface area (Å²) in [7, 11) is 0. The maximum Gasteiger partial charge on any atom is 0.352 e. The van der Waals surface area contributed by atoms with Crippen molar-refractivity contribution < 1.29 is 24.2 Å². The Labute approximate surface area is 157 Å². The summed E-state index contributed by atoms with van der Waals surface area (Å²) in [6, 6.07) is 13.4. The van der Waals surface area contributed by atoms with Gasteiger partial charge in [0.15, 0.2) is 11.5 Å². The fraction of sp³-hybridized carbons (Fsp3) is 0.143. The molecule has 0 atom stereocenters. The minimum absolute atomic E-state index is 0.244. The first-order chi connectivity index (χ1) is 13.0. The number of amides is 1. The Morgan fingerprint density at radius 3 is 2.48 bits per heavy atom. The number of carboxylic acid groups (broad SMARTS) is 1. The van der Waals surface area contributed by atoms with Crippen LogP contribution < -0.4 is 14.8 Å². The van der Waals surface area contributed by atoms with E-state index in [1.807, 2.05) is 6.92 Å². The molecular formula is C21H21NO5. The fourth-order valence-electron chi connectivity index (χ4n) is 2.25. The molecule has 2 rings (SSSR count). The van der Waals surface area contributed by atoms with Gasteiger partial charge in [0.05, 0.1) is 6.61 Å². The monoisotopic (exact) mass is 367 g/mol. The molecule has 2 N–H and O–H groups in total. The first kappa shape index (κ1) is 19.8. The zero-order valence-electron chi connectivity index (χ0n) is 15.0. The van der Waals surface area contributed by atoms with Crippen LogP contribution in [0.1, 0.15) is 22.8 Å². The van der Waals surface area contributed by atoms with E-state index in [4.69, 9.17) is 9.47 Å². The van der Waals surface area contributed by atoms with Gasteiger partial charge in [-0.1, -0.05) is 36.9 Å². The third kappa shape index (κ3) is 5.74. The van der Waals surface area contributed by atoms with Crippen LogP contribution in [-0.4, -0.2) is 30.2 Å². The topological polar surface area (TPSA) is 84.9 Å². The Bertz CT molecular complexity index is 843. The van der Waals surface area contributed by atoms with Gasteiger partial charge in [-0.3, -0.25) is 4.79 Å². The Morgan fingerprint density at radius 1 is 1.11 bits per heavy atom. The minimum Gasteiger partial charge on any atom is -0.490 e. The van der Waals surface area contributed by atoms with Crippen LogP contribution in [0.3, 0.4) is 0 Å². The maximum atomic E-state index is 12.2. The summed E-state index contributed by atoms with van der Waals surface area (Å²) in [6.45, 7) is 6.18. The van der Waals surface area contributed by atoms with E-state index in [9.17, 15) is 14.7 Å². The van der Waals surface area contributed by atoms with Gasteiger partial charge in [-0.25, -0.2) is 4.79 Å². The van der Waals surface area contributed by atoms with E-state index in [2.05, 4.69) is 11.9 Å². The Balaban J connectivity index is 2.28. The molecular weight excluding hydrogens is 346 g/mol. The summed E-state index contributed by atoms with van der Waals surface area (Å²) < 4.78 is 11.1. The van der Waals surface area contributed by atoms with Crippen LogP contribution in [0.5, 0.6) is 11.5 Å². The Hall–Kier alpha value is -3.54. The molecule has 0 aromatic heterocycles. The molecule has 2 aromatic rings. The molecule has 27 heavy (non-hydrogen) atoms. The average Bonchev–Trinajstić information content (AvgIpc) is 2.67. The van der Waals surface area contributed by atoms with Crippen molar-refractivity contribution in [2.75, 3.05) is 13.2 Å². The zero-order chi connectivity index (χ0) is 19.6. The number of hydrogen-bond acceptors (Lipinski definition) is 4. The van der Waals surface area contributed by atoms with Crippen LogP contribution in [0.4, 0.5) is 0 Å². The van der Waals surface area contributed by atoms with Crippen molar-refractivity contribution in [1.29, 1.82) is 0 Å². The zero-order valence-corrected chi connectivity index (χ0v) is 15.0. The summed E-state index contributed by atoms with van der Waals surface area (Å²) in [5, 5.41) is 11.8. The lowest BCUT2D eigenvalue weighted by molar-refractivity contribution is -0.132. The first-order valence-corrected chi connectivity index (χ1v) is 8.37. The lowest BCUT2D eigenvalue weighted by Crippen LogP contribution is -2.27. The van der Waals surface area contributed by atoms with Crippen LogP contribution in [0.2, 0.25) is 0 Å². The lowest BCUT2D eigenvalue weighted by atomic mass is 10.1. The van der Waals surface area contributed by atoms with Crippen molar-refractivity contribution in [3.63, 3.8) is 0 Å². The number of benzene rings is 2. The van der Waals surface area contributed by atoms with Gasteiger partial charge in [0.2, 0.25) is 0 Å². The summed E-state index contributed by atoms with van der Waals surface area (Å²) in [5.41, 5.74) is 0.675. The molecule has 0 spiro atoms. The predicted octanol–water partition coefficient (Wildman–Crippen LogP) is 3.51. The maximum absolute atomic E-state index is 12.2. The molecule has 0 bridgehead atoms. The number of carbonyl (C=O) groups is 2. The molecule has 0 heterocycles. The molecule has 0 aliphatic heterocycles. The van der Waals surface area contributed by atoms with Crippen LogP contribution in [-0.2, 0) is 4.79 Å². The number of ether oxygens (including phenoxy) is 2. The number of carbonyl (C=O) groups excluding carboxylic acids is 1. The van der Waals surface area contributed by atoms with Gasteiger partial charge in [-0.2, -0.15) is 0 Å². The van der Waals surface area contributed by atoms with E-state index in [-0.39, 0.29) is 5.70 Å². The average molecular weight is 367 g/mol. The van der Waals surface area contributed by atoms with Gasteiger partial charge in [-0.15, -0.1) is 0 Å². The highest BCUT2D eigenvalue weighted by molar-refractivity contribution is 6.02. The SMILES string of the molecule is C=CCOc1ccc(/C=C(/NC(=O)c2ccccc2)C(=O)O)cc1OCC. The summed E-state index contributed by atoms with van der Waals surface area (Å²) in [4.78, 5) is 23.8. The molecule has 0 saturated heterocycles. The van der Waals surface area contributed by atoms with Gasteiger partial charge < -0.3 is 19.9 Å². The second-order valence-corrected chi connectivity index (χ2v) is 5.42. The van der Waals surface area contributed by atoms with Gasteiger partial charge >= 0.3 is 5.97 Å². The first-order valence-electron chi connectivity index (χ1n) is 8.37. The number of carboxylic acids is 1. The molecule has 0 aliphatic rings. The van der Waals surface area contributed by atoms with Crippen molar-refractivity contribution in [2.45, 2.75) is 6.92 Å². The van der Waals surface area contributed by atoms with Gasteiger partial charge in [0.1, 0.15) is 12.3 Å². The lowest BCUT2D eigenvalue weighted by Gasteiger charge is -2.12. The van der Waals surface area contributed by atoms with E-state index in [1.165, 1.54) is 6.08 Å². The molecule has 0 aliphatic carbocycles. The fourth-order valence-corrected chi connectivity index (χ4v) is 2.25. The second kappa shape index (κ2) is 9.82. The van der Waals surface area contributed by atoms with E-state index in [0.29, 0.717) is 35.8 Å². The molecule has 140 valence electrons. The molecule has 2 aromatic carbocycles. The minimum atomic E-state index is -1.25. The Morgan fingerprint density at radius 2 is 1.85 bits per heavy atom. The highest BCUT2D eigenvalue weighted by atomic mass is 16.5. The number of rotatable bonds is 9. The molecule has 1 amide bonds. The summed E-state index contributed by atoms with van der Waals surface area (Å²) in [5.74, 6) is -0.740. The molecule has 0 saturated carbocycles. The third-order valence-corrected chi connectivity index (χ3v) is 3.45. The van der Waals surface area contributed by atoms with Gasteiger partial charge in [0, 0.05) is 5.56 Å². The van der Waals surface area contributed by atoms with Crippen molar-refractivity contribution in [2.24, 2.45) is 0 Å². The van der Waals surface area contributed by atoms with Crippen molar-refractivity contribution >= 4 is 18.0 Å². The Kier molecular flexibility index (Phi) is 7.19. The molecule has 6 nitrogen and oxygen atoms in total. The number of hydrogen-bond donors (Lipinski definition) is 2. The molecule has 0 radical (unpaired) electrons. The molecule has 0 fully saturated rings. The largest absolute Gasteiger partial charge is 0.490 e. The summed E-state index contributed by atoms with van der Waals surface area (Å²) in [6.07, 6.45) is 2.98. The van der Waals surface area contributed by atoms with E-state index in [0.717, 1.165) is 0 Å². The highest BCUT2D eigenvalue weighted by Crippen LogP contribution is 2.29. The van der Waals surface area contributed by atoms with Crippen LogP contribution in [0, 0.1) is 0 Å². The van der Waals surface area contributed by atoms with E-state index < -0.39 is 11.9 Å². The van der Waals surface area contributed by atoms with Crippen molar-refractivity contribution in [1.82, 2.24) is 5.32 Å². The smallest absolute Gasteiger partial charge is 0.352 e. The van der Waals surface area contributed by atoms with Gasteiger partial charge in [-0.05, 0) is 42.8 Å². The molecule has 0 unspecified atom stereocenters.